The highest BCUT2D eigenvalue weighted by molar-refractivity contribution is 7.89. The summed E-state index contributed by atoms with van der Waals surface area (Å²) in [5, 5.41) is 0. The first-order chi connectivity index (χ1) is 13.0. The van der Waals surface area contributed by atoms with Crippen molar-refractivity contribution < 1.29 is 17.9 Å². The van der Waals surface area contributed by atoms with E-state index in [0.29, 0.717) is 0 Å². The third kappa shape index (κ3) is 4.94. The van der Waals surface area contributed by atoms with Gasteiger partial charge in [0.2, 0.25) is 10.0 Å². The molecule has 0 amide bonds. The van der Waals surface area contributed by atoms with Crippen LogP contribution in [-0.4, -0.2) is 39.5 Å². The first-order valence-corrected chi connectivity index (χ1v) is 10.4. The van der Waals surface area contributed by atoms with Gasteiger partial charge in [-0.1, -0.05) is 30.3 Å². The zero-order chi connectivity index (χ0) is 19.3. The Labute approximate surface area is 160 Å². The van der Waals surface area contributed by atoms with Crippen LogP contribution in [0, 0.1) is 0 Å². The quantitative estimate of drug-likeness (QED) is 0.738. The standard InChI is InChI=1S/C20H24N2O4S/c1-26-20(23)16-9-6-10-19(13-16)27(24,25)21-14-17-7-2-3-8-18(17)15-22-11-4-5-12-22/h2-3,6-10,13,21H,4-5,11-12,14-15H2,1H3. The highest BCUT2D eigenvalue weighted by atomic mass is 32.2. The predicted octanol–water partition coefficient (Wildman–Crippen LogP) is 2.55. The first kappa shape index (κ1) is 19.5. The van der Waals surface area contributed by atoms with E-state index in [1.165, 1.54) is 44.2 Å². The molecule has 1 N–H and O–H groups in total. The smallest absolute Gasteiger partial charge is 0.337 e. The number of rotatable bonds is 7. The topological polar surface area (TPSA) is 75.7 Å². The fourth-order valence-corrected chi connectivity index (χ4v) is 4.28. The third-order valence-electron chi connectivity index (χ3n) is 4.73. The Morgan fingerprint density at radius 3 is 2.48 bits per heavy atom. The number of benzene rings is 2. The number of nitrogens with one attached hydrogen (secondary N) is 1. The fourth-order valence-electron chi connectivity index (χ4n) is 3.23. The maximum absolute atomic E-state index is 12.7. The van der Waals surface area contributed by atoms with Crippen LogP contribution in [0.25, 0.3) is 0 Å². The molecule has 0 aliphatic carbocycles. The van der Waals surface area contributed by atoms with Crippen LogP contribution >= 0.6 is 0 Å². The maximum atomic E-state index is 12.7. The summed E-state index contributed by atoms with van der Waals surface area (Å²) in [6.45, 7) is 3.20. The van der Waals surface area contributed by atoms with E-state index in [9.17, 15) is 13.2 Å². The molecule has 0 radical (unpaired) electrons. The van der Waals surface area contributed by atoms with Crippen LogP contribution in [0.3, 0.4) is 0 Å². The molecule has 1 aliphatic rings. The van der Waals surface area contributed by atoms with Crippen molar-refractivity contribution in [2.24, 2.45) is 0 Å². The SMILES string of the molecule is COC(=O)c1cccc(S(=O)(=O)NCc2ccccc2CN2CCCC2)c1. The summed E-state index contributed by atoms with van der Waals surface area (Å²) >= 11 is 0. The van der Waals surface area contributed by atoms with Gasteiger partial charge < -0.3 is 4.74 Å². The van der Waals surface area contributed by atoms with E-state index < -0.39 is 16.0 Å². The zero-order valence-corrected chi connectivity index (χ0v) is 16.2. The molecular formula is C20H24N2O4S. The number of nitrogens with zero attached hydrogens (tertiary/aromatic N) is 1. The fraction of sp³-hybridized carbons (Fsp3) is 0.350. The average molecular weight is 388 g/mol. The molecule has 27 heavy (non-hydrogen) atoms. The molecule has 0 bridgehead atoms. The molecule has 1 aliphatic heterocycles. The van der Waals surface area contributed by atoms with Crippen LogP contribution in [0.2, 0.25) is 0 Å². The summed E-state index contributed by atoms with van der Waals surface area (Å²) in [5.74, 6) is -0.567. The number of hydrogen-bond donors (Lipinski definition) is 1. The summed E-state index contributed by atoms with van der Waals surface area (Å²) in [5.41, 5.74) is 2.29. The van der Waals surface area contributed by atoms with Crippen molar-refractivity contribution in [1.29, 1.82) is 0 Å². The van der Waals surface area contributed by atoms with Crippen LogP contribution < -0.4 is 4.72 Å². The zero-order valence-electron chi connectivity index (χ0n) is 15.3. The first-order valence-electron chi connectivity index (χ1n) is 8.97. The molecule has 0 spiro atoms. The highest BCUT2D eigenvalue weighted by Gasteiger charge is 2.18. The molecule has 6 nitrogen and oxygen atoms in total. The van der Waals surface area contributed by atoms with Crippen LogP contribution in [0.15, 0.2) is 53.4 Å². The summed E-state index contributed by atoms with van der Waals surface area (Å²) in [6, 6.07) is 13.7. The molecule has 0 aromatic heterocycles. The summed E-state index contributed by atoms with van der Waals surface area (Å²) < 4.78 is 32.6. The van der Waals surface area contributed by atoms with Gasteiger partial charge >= 0.3 is 5.97 Å². The Bertz CT molecular complexity index is 906. The lowest BCUT2D eigenvalue weighted by Crippen LogP contribution is -2.25. The molecule has 0 saturated carbocycles. The van der Waals surface area contributed by atoms with Gasteiger partial charge in [0.05, 0.1) is 17.6 Å². The number of ether oxygens (including phenoxy) is 1. The molecule has 0 atom stereocenters. The van der Waals surface area contributed by atoms with Gasteiger partial charge in [0, 0.05) is 13.1 Å². The molecule has 2 aromatic rings. The lowest BCUT2D eigenvalue weighted by molar-refractivity contribution is 0.0600. The van der Waals surface area contributed by atoms with Gasteiger partial charge in [-0.3, -0.25) is 4.90 Å². The summed E-state index contributed by atoms with van der Waals surface area (Å²) in [6.07, 6.45) is 2.43. The van der Waals surface area contributed by atoms with Crippen molar-refractivity contribution in [3.8, 4) is 0 Å². The van der Waals surface area contributed by atoms with Crippen LogP contribution in [-0.2, 0) is 27.8 Å². The predicted molar refractivity (Wildman–Crippen MR) is 103 cm³/mol. The van der Waals surface area contributed by atoms with Crippen LogP contribution in [0.4, 0.5) is 0 Å². The van der Waals surface area contributed by atoms with E-state index in [-0.39, 0.29) is 17.0 Å². The van der Waals surface area contributed by atoms with Gasteiger partial charge in [-0.15, -0.1) is 0 Å². The van der Waals surface area contributed by atoms with Gasteiger partial charge in [-0.25, -0.2) is 17.9 Å². The normalized spacial score (nSPS) is 15.0. The van der Waals surface area contributed by atoms with Crippen molar-refractivity contribution in [3.63, 3.8) is 0 Å². The number of sulfonamides is 1. The Kier molecular flexibility index (Phi) is 6.26. The van der Waals surface area contributed by atoms with Gasteiger partial charge in [0.15, 0.2) is 0 Å². The minimum Gasteiger partial charge on any atom is -0.465 e. The lowest BCUT2D eigenvalue weighted by Gasteiger charge is -2.18. The van der Waals surface area contributed by atoms with E-state index in [1.54, 1.807) is 0 Å². The molecule has 2 aromatic carbocycles. The minimum absolute atomic E-state index is 0.0439. The third-order valence-corrected chi connectivity index (χ3v) is 6.13. The molecule has 1 fully saturated rings. The number of carbonyl (C=O) groups excluding carboxylic acids is 1. The second-order valence-electron chi connectivity index (χ2n) is 6.60. The Balaban J connectivity index is 1.73. The summed E-state index contributed by atoms with van der Waals surface area (Å²) in [7, 11) is -2.48. The van der Waals surface area contributed by atoms with Crippen LogP contribution in [0.5, 0.6) is 0 Å². The number of carbonyl (C=O) groups is 1. The Morgan fingerprint density at radius 2 is 1.78 bits per heavy atom. The van der Waals surface area contributed by atoms with Crippen molar-refractivity contribution in [1.82, 2.24) is 9.62 Å². The second-order valence-corrected chi connectivity index (χ2v) is 8.36. The van der Waals surface area contributed by atoms with Crippen LogP contribution in [0.1, 0.15) is 34.3 Å². The summed E-state index contributed by atoms with van der Waals surface area (Å²) in [4.78, 5) is 14.1. The van der Waals surface area contributed by atoms with Crippen molar-refractivity contribution in [3.05, 3.63) is 65.2 Å². The minimum atomic E-state index is -3.74. The number of likely N-dealkylation sites (tertiary alicyclic amines) is 1. The van der Waals surface area contributed by atoms with Crippen molar-refractivity contribution in [2.75, 3.05) is 20.2 Å². The van der Waals surface area contributed by atoms with E-state index >= 15 is 0 Å². The van der Waals surface area contributed by atoms with Gasteiger partial charge in [0.1, 0.15) is 0 Å². The van der Waals surface area contributed by atoms with Crippen molar-refractivity contribution >= 4 is 16.0 Å². The monoisotopic (exact) mass is 388 g/mol. The van der Waals surface area contributed by atoms with Gasteiger partial charge in [0.25, 0.3) is 0 Å². The van der Waals surface area contributed by atoms with E-state index in [1.807, 2.05) is 24.3 Å². The van der Waals surface area contributed by atoms with Crippen molar-refractivity contribution in [2.45, 2.75) is 30.8 Å². The largest absolute Gasteiger partial charge is 0.465 e. The molecule has 0 unspecified atom stereocenters. The molecule has 7 heteroatoms. The average Bonchev–Trinajstić information content (AvgIpc) is 3.20. The number of hydrogen-bond acceptors (Lipinski definition) is 5. The number of methoxy groups -OCH3 is 1. The Morgan fingerprint density at radius 1 is 1.07 bits per heavy atom. The number of esters is 1. The van der Waals surface area contributed by atoms with E-state index in [0.717, 1.165) is 30.8 Å². The second kappa shape index (κ2) is 8.65. The maximum Gasteiger partial charge on any atom is 0.337 e. The van der Waals surface area contributed by atoms with E-state index in [2.05, 4.69) is 14.4 Å². The molecular weight excluding hydrogens is 364 g/mol. The molecule has 144 valence electrons. The van der Waals surface area contributed by atoms with Gasteiger partial charge in [-0.2, -0.15) is 0 Å². The lowest BCUT2D eigenvalue weighted by atomic mass is 10.1. The highest BCUT2D eigenvalue weighted by Crippen LogP contribution is 2.18. The Hall–Kier alpha value is -2.22. The van der Waals surface area contributed by atoms with Gasteiger partial charge in [-0.05, 0) is 55.3 Å². The molecule has 1 saturated heterocycles. The molecule has 1 heterocycles. The van der Waals surface area contributed by atoms with E-state index in [4.69, 9.17) is 0 Å². The molecule has 3 rings (SSSR count).